The fourth-order valence-corrected chi connectivity index (χ4v) is 5.41. The molecule has 1 atom stereocenters. The van der Waals surface area contributed by atoms with Crippen molar-refractivity contribution in [3.63, 3.8) is 0 Å². The van der Waals surface area contributed by atoms with E-state index in [1.54, 1.807) is 6.07 Å². The number of piperidine rings is 1. The van der Waals surface area contributed by atoms with Gasteiger partial charge >= 0.3 is 12.1 Å². The fraction of sp³-hybridized carbons (Fsp3) is 0.577. The molecule has 1 unspecified atom stereocenters. The van der Waals surface area contributed by atoms with Crippen molar-refractivity contribution in [3.05, 3.63) is 40.5 Å². The van der Waals surface area contributed by atoms with E-state index in [4.69, 9.17) is 13.9 Å². The molecule has 0 radical (unpaired) electrons. The first-order valence-electron chi connectivity index (χ1n) is 12.4. The van der Waals surface area contributed by atoms with Crippen LogP contribution in [0.25, 0.3) is 11.0 Å². The summed E-state index contributed by atoms with van der Waals surface area (Å²) in [7, 11) is 1.33. The lowest BCUT2D eigenvalue weighted by molar-refractivity contribution is -0.122. The maximum Gasteiger partial charge on any atom is 0.450 e. The Morgan fingerprint density at radius 1 is 1.22 bits per heavy atom. The van der Waals surface area contributed by atoms with E-state index in [0.29, 0.717) is 48.3 Å². The number of rotatable bonds is 6. The van der Waals surface area contributed by atoms with E-state index in [0.717, 1.165) is 30.6 Å². The minimum absolute atomic E-state index is 0.0463. The van der Waals surface area contributed by atoms with Gasteiger partial charge < -0.3 is 29.2 Å². The minimum Gasteiger partial charge on any atom is -0.503 e. The molecule has 2 saturated heterocycles. The molecule has 2 aromatic rings. The predicted molar refractivity (Wildman–Crippen MR) is 129 cm³/mol. The SMILES string of the molecule is CCc1c(N(CC)C2CCOCC2)cc2oc(C3CCN/C(=C(/O)C(F)(F)F)C3)cc2c1C(=O)OC. The van der Waals surface area contributed by atoms with Crippen LogP contribution in [0.5, 0.6) is 0 Å². The zero-order valence-electron chi connectivity index (χ0n) is 20.8. The highest BCUT2D eigenvalue weighted by Crippen LogP contribution is 2.41. The highest BCUT2D eigenvalue weighted by Gasteiger charge is 2.39. The summed E-state index contributed by atoms with van der Waals surface area (Å²) in [6.07, 6.45) is -2.00. The van der Waals surface area contributed by atoms with Gasteiger partial charge in [-0.05, 0) is 44.2 Å². The third-order valence-corrected chi connectivity index (χ3v) is 7.19. The number of nitrogens with one attached hydrogen (secondary N) is 1. The van der Waals surface area contributed by atoms with Gasteiger partial charge in [-0.1, -0.05) is 6.92 Å². The van der Waals surface area contributed by atoms with Crippen LogP contribution in [-0.2, 0) is 15.9 Å². The molecule has 0 spiro atoms. The van der Waals surface area contributed by atoms with Gasteiger partial charge in [-0.2, -0.15) is 13.2 Å². The highest BCUT2D eigenvalue weighted by molar-refractivity contribution is 6.07. The number of fused-ring (bicyclic) bond motifs is 1. The van der Waals surface area contributed by atoms with E-state index in [-0.39, 0.29) is 30.6 Å². The van der Waals surface area contributed by atoms with Crippen molar-refractivity contribution in [2.24, 2.45) is 0 Å². The summed E-state index contributed by atoms with van der Waals surface area (Å²) < 4.78 is 56.1. The molecule has 4 rings (SSSR count). The maximum atomic E-state index is 13.1. The Bertz CT molecular complexity index is 1130. The van der Waals surface area contributed by atoms with E-state index < -0.39 is 17.9 Å². The van der Waals surface area contributed by atoms with Crippen LogP contribution in [0.4, 0.5) is 18.9 Å². The van der Waals surface area contributed by atoms with Crippen molar-refractivity contribution < 1.29 is 37.0 Å². The average Bonchev–Trinajstić information content (AvgIpc) is 3.31. The number of hydrogen-bond donors (Lipinski definition) is 2. The Kier molecular flexibility index (Phi) is 7.73. The van der Waals surface area contributed by atoms with Crippen molar-refractivity contribution in [2.75, 3.05) is 38.3 Å². The second kappa shape index (κ2) is 10.6. The van der Waals surface area contributed by atoms with Crippen LogP contribution in [0.15, 0.2) is 28.0 Å². The second-order valence-corrected chi connectivity index (χ2v) is 9.23. The van der Waals surface area contributed by atoms with Crippen molar-refractivity contribution in [1.29, 1.82) is 0 Å². The van der Waals surface area contributed by atoms with Gasteiger partial charge in [-0.25, -0.2) is 4.79 Å². The normalized spacial score (nSPS) is 20.8. The van der Waals surface area contributed by atoms with E-state index in [1.165, 1.54) is 7.11 Å². The molecule has 198 valence electrons. The van der Waals surface area contributed by atoms with Gasteiger partial charge in [-0.3, -0.25) is 0 Å². The summed E-state index contributed by atoms with van der Waals surface area (Å²) in [6.45, 7) is 6.41. The molecule has 0 bridgehead atoms. The van der Waals surface area contributed by atoms with Gasteiger partial charge in [0.25, 0.3) is 0 Å². The number of benzene rings is 1. The van der Waals surface area contributed by atoms with Crippen LogP contribution in [-0.4, -0.2) is 56.7 Å². The van der Waals surface area contributed by atoms with Crippen molar-refractivity contribution >= 4 is 22.6 Å². The number of alkyl halides is 3. The smallest absolute Gasteiger partial charge is 0.450 e. The molecular formula is C26H33F3N2O5. The molecule has 10 heteroatoms. The first-order valence-corrected chi connectivity index (χ1v) is 12.4. The van der Waals surface area contributed by atoms with Gasteiger partial charge in [0.15, 0.2) is 0 Å². The van der Waals surface area contributed by atoms with Crippen LogP contribution < -0.4 is 10.2 Å². The number of methoxy groups -OCH3 is 1. The average molecular weight is 511 g/mol. The molecule has 36 heavy (non-hydrogen) atoms. The molecule has 7 nitrogen and oxygen atoms in total. The van der Waals surface area contributed by atoms with Crippen LogP contribution in [0.3, 0.4) is 0 Å². The Morgan fingerprint density at radius 3 is 2.56 bits per heavy atom. The fourth-order valence-electron chi connectivity index (χ4n) is 5.41. The number of esters is 1. The Labute approximate surface area is 208 Å². The van der Waals surface area contributed by atoms with E-state index in [1.807, 2.05) is 13.0 Å². The van der Waals surface area contributed by atoms with E-state index in [9.17, 15) is 23.1 Å². The Balaban J connectivity index is 1.81. The standard InChI is InChI=1S/C26H33F3N2O5/c1-4-17-20(31(5-2)16-7-10-35-11-8-16)14-22-18(23(17)25(33)34-3)13-21(36-22)15-6-9-30-19(12-15)24(32)26(27,28)29/h13-16,30,32H,4-12H2,1-3H3/b24-19+. The lowest BCUT2D eigenvalue weighted by Crippen LogP contribution is -2.40. The summed E-state index contributed by atoms with van der Waals surface area (Å²) >= 11 is 0. The molecule has 1 aromatic carbocycles. The number of halogens is 3. The zero-order chi connectivity index (χ0) is 26.0. The van der Waals surface area contributed by atoms with Gasteiger partial charge in [-0.15, -0.1) is 0 Å². The van der Waals surface area contributed by atoms with Gasteiger partial charge in [0.2, 0.25) is 5.76 Å². The van der Waals surface area contributed by atoms with E-state index in [2.05, 4.69) is 17.1 Å². The monoisotopic (exact) mass is 510 g/mol. The molecule has 2 fully saturated rings. The topological polar surface area (TPSA) is 84.2 Å². The molecule has 0 amide bonds. The lowest BCUT2D eigenvalue weighted by Gasteiger charge is -2.36. The molecule has 2 aliphatic heterocycles. The number of furan rings is 1. The van der Waals surface area contributed by atoms with Crippen molar-refractivity contribution in [3.8, 4) is 0 Å². The third-order valence-electron chi connectivity index (χ3n) is 7.19. The van der Waals surface area contributed by atoms with Gasteiger partial charge in [0, 0.05) is 61.8 Å². The summed E-state index contributed by atoms with van der Waals surface area (Å²) in [5.41, 5.74) is 2.43. The first kappa shape index (κ1) is 26.2. The molecule has 2 aliphatic rings. The summed E-state index contributed by atoms with van der Waals surface area (Å²) in [6, 6.07) is 3.94. The third kappa shape index (κ3) is 5.00. The quantitative estimate of drug-likeness (QED) is 0.387. The number of ether oxygens (including phenoxy) is 2. The minimum atomic E-state index is -4.82. The number of aliphatic hydroxyl groups excluding tert-OH is 1. The van der Waals surface area contributed by atoms with Crippen LogP contribution in [0.2, 0.25) is 0 Å². The zero-order valence-corrected chi connectivity index (χ0v) is 20.8. The second-order valence-electron chi connectivity index (χ2n) is 9.23. The number of hydrogen-bond acceptors (Lipinski definition) is 7. The Hall–Kier alpha value is -2.88. The number of nitrogens with zero attached hydrogens (tertiary/aromatic N) is 1. The van der Waals surface area contributed by atoms with Crippen LogP contribution in [0.1, 0.15) is 67.1 Å². The number of aliphatic hydroxyl groups is 1. The summed E-state index contributed by atoms with van der Waals surface area (Å²) in [5.74, 6) is -1.98. The molecule has 0 saturated carbocycles. The molecule has 2 N–H and O–H groups in total. The van der Waals surface area contributed by atoms with Crippen molar-refractivity contribution in [2.45, 2.75) is 64.1 Å². The number of allylic oxidation sites excluding steroid dienone is 2. The Morgan fingerprint density at radius 2 is 1.94 bits per heavy atom. The van der Waals surface area contributed by atoms with Crippen LogP contribution in [0, 0.1) is 0 Å². The molecular weight excluding hydrogens is 477 g/mol. The largest absolute Gasteiger partial charge is 0.503 e. The van der Waals surface area contributed by atoms with Gasteiger partial charge in [0.05, 0.1) is 18.4 Å². The molecule has 3 heterocycles. The van der Waals surface area contributed by atoms with Gasteiger partial charge in [0.1, 0.15) is 11.3 Å². The predicted octanol–water partition coefficient (Wildman–Crippen LogP) is 5.59. The van der Waals surface area contributed by atoms with Crippen molar-refractivity contribution in [1.82, 2.24) is 5.32 Å². The number of carbonyl (C=O) groups is 1. The molecule has 1 aromatic heterocycles. The van der Waals surface area contributed by atoms with Crippen LogP contribution >= 0.6 is 0 Å². The van der Waals surface area contributed by atoms with E-state index >= 15 is 0 Å². The highest BCUT2D eigenvalue weighted by atomic mass is 19.4. The first-order chi connectivity index (χ1) is 17.2. The summed E-state index contributed by atoms with van der Waals surface area (Å²) in [4.78, 5) is 15.3. The summed E-state index contributed by atoms with van der Waals surface area (Å²) in [5, 5.41) is 12.9. The number of anilines is 1. The lowest BCUT2D eigenvalue weighted by atomic mass is 9.91. The molecule has 0 aliphatic carbocycles. The number of carbonyl (C=O) groups excluding carboxylic acids is 1. The maximum absolute atomic E-state index is 13.1.